The molecule has 0 atom stereocenters. The van der Waals surface area contributed by atoms with Crippen LogP contribution in [0.15, 0.2) is 42.5 Å². The minimum Gasteiger partial charge on any atom is -0.497 e. The van der Waals surface area contributed by atoms with Gasteiger partial charge >= 0.3 is 0 Å². The highest BCUT2D eigenvalue weighted by Gasteiger charge is 1.96. The van der Waals surface area contributed by atoms with E-state index in [2.05, 4.69) is 0 Å². The van der Waals surface area contributed by atoms with E-state index in [1.807, 2.05) is 36.4 Å². The number of rotatable bonds is 3. The average Bonchev–Trinajstić information content (AvgIpc) is 2.36. The third-order valence-corrected chi connectivity index (χ3v) is 2.69. The molecule has 0 aliphatic rings. The molecule has 0 aromatic heterocycles. The lowest BCUT2D eigenvalue weighted by molar-refractivity contribution is 0.415. The van der Waals surface area contributed by atoms with Gasteiger partial charge in [0.05, 0.1) is 7.11 Å². The monoisotopic (exact) mass is 262 g/mol. The topological polar surface area (TPSA) is 9.23 Å². The molecule has 0 saturated heterocycles. The van der Waals surface area contributed by atoms with Crippen molar-refractivity contribution in [3.8, 4) is 5.75 Å². The van der Waals surface area contributed by atoms with Crippen molar-refractivity contribution in [2.45, 2.75) is 0 Å². The molecule has 0 aliphatic heterocycles. The normalized spacial score (nSPS) is 10.8. The highest BCUT2D eigenvalue weighted by Crippen LogP contribution is 2.17. The van der Waals surface area contributed by atoms with Gasteiger partial charge in [-0.25, -0.2) is 4.39 Å². The lowest BCUT2D eigenvalue weighted by atomic mass is 10.1. The van der Waals surface area contributed by atoms with Crippen LogP contribution in [0.2, 0.25) is 5.02 Å². The Bertz CT molecular complexity index is 541. The van der Waals surface area contributed by atoms with Gasteiger partial charge in [0, 0.05) is 5.02 Å². The smallest absolute Gasteiger partial charge is 0.125 e. The molecule has 0 spiro atoms. The third-order valence-electron chi connectivity index (χ3n) is 2.47. The Morgan fingerprint density at radius 2 is 1.67 bits per heavy atom. The van der Waals surface area contributed by atoms with Crippen molar-refractivity contribution in [2.24, 2.45) is 0 Å². The molecule has 0 N–H and O–H groups in total. The summed E-state index contributed by atoms with van der Waals surface area (Å²) in [4.78, 5) is 0. The second-order valence-electron chi connectivity index (χ2n) is 3.81. The summed E-state index contributed by atoms with van der Waals surface area (Å²) >= 11 is 5.78. The van der Waals surface area contributed by atoms with Gasteiger partial charge in [0.15, 0.2) is 0 Å². The van der Waals surface area contributed by atoms with Gasteiger partial charge in [-0.1, -0.05) is 35.9 Å². The van der Waals surface area contributed by atoms with Gasteiger partial charge < -0.3 is 4.74 Å². The first-order valence-corrected chi connectivity index (χ1v) is 5.83. The summed E-state index contributed by atoms with van der Waals surface area (Å²) in [6, 6.07) is 12.0. The van der Waals surface area contributed by atoms with Gasteiger partial charge in [0.1, 0.15) is 11.6 Å². The molecule has 1 nitrogen and oxygen atoms in total. The van der Waals surface area contributed by atoms with Gasteiger partial charge in [0.25, 0.3) is 0 Å². The predicted octanol–water partition coefficient (Wildman–Crippen LogP) is 4.66. The van der Waals surface area contributed by atoms with E-state index in [1.54, 1.807) is 13.2 Å². The first-order chi connectivity index (χ1) is 8.67. The molecule has 0 fully saturated rings. The van der Waals surface area contributed by atoms with E-state index in [-0.39, 0.29) is 5.82 Å². The van der Waals surface area contributed by atoms with Gasteiger partial charge in [-0.2, -0.15) is 0 Å². The second-order valence-corrected chi connectivity index (χ2v) is 4.25. The molecule has 0 bridgehead atoms. The molecule has 2 rings (SSSR count). The van der Waals surface area contributed by atoms with Crippen LogP contribution in [-0.4, -0.2) is 7.11 Å². The van der Waals surface area contributed by atoms with Gasteiger partial charge in [-0.15, -0.1) is 0 Å². The van der Waals surface area contributed by atoms with Crippen molar-refractivity contribution in [3.63, 3.8) is 0 Å². The Morgan fingerprint density at radius 1 is 1.00 bits per heavy atom. The average molecular weight is 263 g/mol. The largest absolute Gasteiger partial charge is 0.497 e. The minimum atomic E-state index is -0.336. The molecule has 0 saturated carbocycles. The molecule has 0 radical (unpaired) electrons. The fourth-order valence-corrected chi connectivity index (χ4v) is 1.81. The van der Waals surface area contributed by atoms with Crippen LogP contribution < -0.4 is 4.74 Å². The van der Waals surface area contributed by atoms with Crippen molar-refractivity contribution in [3.05, 3.63) is 64.4 Å². The molecule has 2 aromatic carbocycles. The van der Waals surface area contributed by atoms with E-state index in [0.29, 0.717) is 5.02 Å². The Labute approximate surface area is 110 Å². The predicted molar refractivity (Wildman–Crippen MR) is 73.3 cm³/mol. The summed E-state index contributed by atoms with van der Waals surface area (Å²) in [6.07, 6.45) is 3.71. The Hall–Kier alpha value is -1.80. The molecule has 0 amide bonds. The zero-order chi connectivity index (χ0) is 13.0. The van der Waals surface area contributed by atoms with Crippen LogP contribution in [0.5, 0.6) is 5.75 Å². The van der Waals surface area contributed by atoms with E-state index in [9.17, 15) is 4.39 Å². The molecule has 3 heteroatoms. The van der Waals surface area contributed by atoms with Crippen LogP contribution in [0.4, 0.5) is 4.39 Å². The molecular formula is C15H12ClFO. The van der Waals surface area contributed by atoms with Gasteiger partial charge in [0.2, 0.25) is 0 Å². The van der Waals surface area contributed by atoms with Crippen molar-refractivity contribution < 1.29 is 9.13 Å². The Morgan fingerprint density at radius 3 is 2.28 bits per heavy atom. The molecule has 18 heavy (non-hydrogen) atoms. The number of ether oxygens (including phenoxy) is 1. The molecule has 0 heterocycles. The fraction of sp³-hybridized carbons (Fsp3) is 0.0667. The fourth-order valence-electron chi connectivity index (χ4n) is 1.58. The highest BCUT2D eigenvalue weighted by molar-refractivity contribution is 6.30. The van der Waals surface area contributed by atoms with Crippen LogP contribution in [0.3, 0.4) is 0 Å². The van der Waals surface area contributed by atoms with E-state index in [1.165, 1.54) is 12.1 Å². The number of hydrogen-bond donors (Lipinski definition) is 0. The number of hydrogen-bond acceptors (Lipinski definition) is 1. The molecule has 2 aromatic rings. The maximum atomic E-state index is 13.1. The van der Waals surface area contributed by atoms with E-state index in [0.717, 1.165) is 16.9 Å². The van der Waals surface area contributed by atoms with Crippen LogP contribution in [-0.2, 0) is 0 Å². The van der Waals surface area contributed by atoms with Crippen molar-refractivity contribution >= 4 is 23.8 Å². The maximum absolute atomic E-state index is 13.1. The lowest BCUT2D eigenvalue weighted by Gasteiger charge is -1.99. The number of halogens is 2. The lowest BCUT2D eigenvalue weighted by Crippen LogP contribution is -1.81. The standard InChI is InChI=1S/C15H12ClFO/c1-18-15-6-4-11(5-7-15)2-3-12-8-13(16)10-14(17)9-12/h2-10H,1H3. The molecular weight excluding hydrogens is 251 g/mol. The van der Waals surface area contributed by atoms with E-state index >= 15 is 0 Å². The molecule has 0 aliphatic carbocycles. The quantitative estimate of drug-likeness (QED) is 0.731. The minimum absolute atomic E-state index is 0.336. The summed E-state index contributed by atoms with van der Waals surface area (Å²) in [6.45, 7) is 0. The summed E-state index contributed by atoms with van der Waals surface area (Å²) in [7, 11) is 1.62. The summed E-state index contributed by atoms with van der Waals surface area (Å²) in [5.41, 5.74) is 1.74. The van der Waals surface area contributed by atoms with Gasteiger partial charge in [-0.3, -0.25) is 0 Å². The van der Waals surface area contributed by atoms with Crippen LogP contribution in [0.1, 0.15) is 11.1 Å². The van der Waals surface area contributed by atoms with Crippen LogP contribution >= 0.6 is 11.6 Å². The summed E-state index contributed by atoms with van der Waals surface area (Å²) in [5, 5.41) is 0.393. The summed E-state index contributed by atoms with van der Waals surface area (Å²) < 4.78 is 18.2. The van der Waals surface area contributed by atoms with Crippen molar-refractivity contribution in [2.75, 3.05) is 7.11 Å². The van der Waals surface area contributed by atoms with E-state index < -0.39 is 0 Å². The molecule has 0 unspecified atom stereocenters. The molecule has 92 valence electrons. The third kappa shape index (κ3) is 3.34. The Balaban J connectivity index is 2.18. The van der Waals surface area contributed by atoms with Crippen molar-refractivity contribution in [1.82, 2.24) is 0 Å². The highest BCUT2D eigenvalue weighted by atomic mass is 35.5. The number of benzene rings is 2. The summed E-state index contributed by atoms with van der Waals surface area (Å²) in [5.74, 6) is 0.470. The zero-order valence-electron chi connectivity index (χ0n) is 9.86. The zero-order valence-corrected chi connectivity index (χ0v) is 10.6. The SMILES string of the molecule is COc1ccc(C=Cc2cc(F)cc(Cl)c2)cc1. The maximum Gasteiger partial charge on any atom is 0.125 e. The van der Waals surface area contributed by atoms with Crippen molar-refractivity contribution in [1.29, 1.82) is 0 Å². The number of methoxy groups -OCH3 is 1. The second kappa shape index (κ2) is 5.69. The van der Waals surface area contributed by atoms with E-state index in [4.69, 9.17) is 16.3 Å². The first kappa shape index (κ1) is 12.7. The van der Waals surface area contributed by atoms with Gasteiger partial charge in [-0.05, 0) is 41.5 Å². The first-order valence-electron chi connectivity index (χ1n) is 5.45. The Kier molecular flexibility index (Phi) is 4.00. The van der Waals surface area contributed by atoms with Crippen LogP contribution in [0, 0.1) is 5.82 Å². The van der Waals surface area contributed by atoms with Crippen LogP contribution in [0.25, 0.3) is 12.2 Å².